The summed E-state index contributed by atoms with van der Waals surface area (Å²) in [5.74, 6) is -0.281. The molecule has 0 saturated carbocycles. The van der Waals surface area contributed by atoms with Crippen molar-refractivity contribution in [3.8, 4) is 0 Å². The second-order valence-electron chi connectivity index (χ2n) is 5.01. The maximum atomic E-state index is 12.4. The van der Waals surface area contributed by atoms with Crippen molar-refractivity contribution >= 4 is 29.4 Å². The molecule has 1 atom stereocenters. The Labute approximate surface area is 128 Å². The van der Waals surface area contributed by atoms with Crippen molar-refractivity contribution in [3.63, 3.8) is 0 Å². The zero-order valence-electron chi connectivity index (χ0n) is 12.0. The topological polar surface area (TPSA) is 69.6 Å². The van der Waals surface area contributed by atoms with Gasteiger partial charge in [0.2, 0.25) is 0 Å². The summed E-state index contributed by atoms with van der Waals surface area (Å²) in [7, 11) is 0. The molecule has 114 valence electrons. The van der Waals surface area contributed by atoms with Crippen LogP contribution in [0.15, 0.2) is 24.3 Å². The van der Waals surface area contributed by atoms with Gasteiger partial charge in [-0.1, -0.05) is 18.2 Å². The Balaban J connectivity index is 2.08. The highest BCUT2D eigenvalue weighted by Gasteiger charge is 2.26. The molecule has 1 aromatic rings. The Hall–Kier alpha value is -1.69. The van der Waals surface area contributed by atoms with Crippen LogP contribution in [0.25, 0.3) is 0 Å². The fourth-order valence-corrected chi connectivity index (χ4v) is 2.94. The van der Waals surface area contributed by atoms with Crippen molar-refractivity contribution in [2.75, 3.05) is 23.5 Å². The van der Waals surface area contributed by atoms with E-state index in [2.05, 4.69) is 5.32 Å². The summed E-state index contributed by atoms with van der Waals surface area (Å²) in [6.45, 7) is 0.623. The number of nitrogens with one attached hydrogen (secondary N) is 1. The number of carboxylic acid groups (broad SMARTS) is 1. The molecular weight excluding hydrogens is 288 g/mol. The molecule has 0 saturated heterocycles. The Kier molecular flexibility index (Phi) is 5.50. The number of amides is 2. The first-order valence-corrected chi connectivity index (χ1v) is 8.40. The fourth-order valence-electron chi connectivity index (χ4n) is 2.46. The van der Waals surface area contributed by atoms with Gasteiger partial charge in [0, 0.05) is 12.2 Å². The third-order valence-electron chi connectivity index (χ3n) is 3.56. The van der Waals surface area contributed by atoms with E-state index in [9.17, 15) is 14.7 Å². The minimum atomic E-state index is -0.984. The second-order valence-corrected chi connectivity index (χ2v) is 5.99. The van der Waals surface area contributed by atoms with Crippen LogP contribution in [0.2, 0.25) is 0 Å². The molecule has 2 rings (SSSR count). The third-order valence-corrected chi connectivity index (χ3v) is 4.21. The maximum absolute atomic E-state index is 12.4. The van der Waals surface area contributed by atoms with E-state index in [1.165, 1.54) is 0 Å². The zero-order chi connectivity index (χ0) is 15.2. The number of carbonyl (C=O) groups excluding carboxylic acids is 1. The first-order chi connectivity index (χ1) is 10.1. The van der Waals surface area contributed by atoms with Gasteiger partial charge in [-0.05, 0) is 42.9 Å². The highest BCUT2D eigenvalue weighted by atomic mass is 32.2. The normalized spacial score (nSPS) is 15.2. The number of aliphatic carboxylic acids is 1. The molecule has 0 radical (unpaired) electrons. The third kappa shape index (κ3) is 3.91. The van der Waals surface area contributed by atoms with Gasteiger partial charge in [0.25, 0.3) is 0 Å². The molecule has 1 aliphatic heterocycles. The maximum Gasteiger partial charge on any atom is 0.326 e. The fraction of sp³-hybridized carbons (Fsp3) is 0.467. The molecule has 0 unspecified atom stereocenters. The summed E-state index contributed by atoms with van der Waals surface area (Å²) in [5.41, 5.74) is 2.02. The Morgan fingerprint density at radius 2 is 2.19 bits per heavy atom. The molecule has 1 aromatic carbocycles. The van der Waals surface area contributed by atoms with Crippen molar-refractivity contribution in [1.82, 2.24) is 5.32 Å². The molecule has 1 heterocycles. The van der Waals surface area contributed by atoms with Crippen LogP contribution in [0.5, 0.6) is 0 Å². The van der Waals surface area contributed by atoms with Gasteiger partial charge in [-0.2, -0.15) is 11.8 Å². The van der Waals surface area contributed by atoms with Gasteiger partial charge < -0.3 is 10.4 Å². The molecule has 21 heavy (non-hydrogen) atoms. The zero-order valence-corrected chi connectivity index (χ0v) is 12.9. The molecule has 0 aromatic heterocycles. The van der Waals surface area contributed by atoms with Crippen LogP contribution in [0.1, 0.15) is 18.4 Å². The van der Waals surface area contributed by atoms with Crippen LogP contribution >= 0.6 is 11.8 Å². The first-order valence-electron chi connectivity index (χ1n) is 7.01. The van der Waals surface area contributed by atoms with Crippen molar-refractivity contribution in [3.05, 3.63) is 29.8 Å². The van der Waals surface area contributed by atoms with Crippen LogP contribution in [0.4, 0.5) is 10.5 Å². The minimum absolute atomic E-state index is 0.323. The molecule has 0 spiro atoms. The first kappa shape index (κ1) is 15.7. The van der Waals surface area contributed by atoms with E-state index < -0.39 is 12.0 Å². The Morgan fingerprint density at radius 1 is 1.43 bits per heavy atom. The van der Waals surface area contributed by atoms with E-state index in [1.54, 1.807) is 16.7 Å². The van der Waals surface area contributed by atoms with Crippen LogP contribution in [-0.4, -0.2) is 41.7 Å². The Morgan fingerprint density at radius 3 is 2.90 bits per heavy atom. The molecule has 2 N–H and O–H groups in total. The minimum Gasteiger partial charge on any atom is -0.480 e. The smallest absolute Gasteiger partial charge is 0.326 e. The van der Waals surface area contributed by atoms with Crippen LogP contribution in [0.3, 0.4) is 0 Å². The lowest BCUT2D eigenvalue weighted by Gasteiger charge is -2.30. The van der Waals surface area contributed by atoms with Gasteiger partial charge in [-0.25, -0.2) is 9.59 Å². The summed E-state index contributed by atoms with van der Waals surface area (Å²) in [6.07, 6.45) is 4.20. The van der Waals surface area contributed by atoms with Gasteiger partial charge >= 0.3 is 12.0 Å². The summed E-state index contributed by atoms with van der Waals surface area (Å²) in [5, 5.41) is 11.8. The van der Waals surface area contributed by atoms with Crippen molar-refractivity contribution in [1.29, 1.82) is 0 Å². The van der Waals surface area contributed by atoms with Crippen molar-refractivity contribution in [2.24, 2.45) is 0 Å². The van der Waals surface area contributed by atoms with E-state index in [1.807, 2.05) is 30.5 Å². The number of carboxylic acids is 1. The largest absolute Gasteiger partial charge is 0.480 e. The van der Waals surface area contributed by atoms with Gasteiger partial charge in [0.1, 0.15) is 6.04 Å². The molecule has 0 fully saturated rings. The second kappa shape index (κ2) is 7.36. The lowest BCUT2D eigenvalue weighted by molar-refractivity contribution is -0.139. The number of para-hydroxylation sites is 1. The number of fused-ring (bicyclic) bond motifs is 1. The quantitative estimate of drug-likeness (QED) is 0.876. The monoisotopic (exact) mass is 308 g/mol. The highest BCUT2D eigenvalue weighted by molar-refractivity contribution is 7.98. The molecule has 1 aliphatic rings. The van der Waals surface area contributed by atoms with Crippen molar-refractivity contribution < 1.29 is 14.7 Å². The highest BCUT2D eigenvalue weighted by Crippen LogP contribution is 2.26. The van der Waals surface area contributed by atoms with Crippen molar-refractivity contribution in [2.45, 2.75) is 25.3 Å². The average Bonchev–Trinajstić information content (AvgIpc) is 2.50. The summed E-state index contributed by atoms with van der Waals surface area (Å²) < 4.78 is 0. The predicted octanol–water partition coefficient (Wildman–Crippen LogP) is 2.36. The van der Waals surface area contributed by atoms with Gasteiger partial charge in [-0.15, -0.1) is 0 Å². The number of benzene rings is 1. The molecule has 2 amide bonds. The van der Waals surface area contributed by atoms with Gasteiger partial charge in [0.15, 0.2) is 0 Å². The SMILES string of the molecule is CSCC[C@@H](NC(=O)N1CCCc2ccccc21)C(=O)O. The van der Waals surface area contributed by atoms with E-state index >= 15 is 0 Å². The molecule has 0 bridgehead atoms. The number of urea groups is 1. The van der Waals surface area contributed by atoms with E-state index in [-0.39, 0.29) is 6.03 Å². The number of thioether (sulfide) groups is 1. The van der Waals surface area contributed by atoms with E-state index in [0.29, 0.717) is 18.7 Å². The lowest BCUT2D eigenvalue weighted by atomic mass is 10.0. The van der Waals surface area contributed by atoms with Crippen LogP contribution in [-0.2, 0) is 11.2 Å². The molecule has 0 aliphatic carbocycles. The molecule has 6 heteroatoms. The number of rotatable bonds is 5. The molecular formula is C15H20N2O3S. The standard InChI is InChI=1S/C15H20N2O3S/c1-21-10-8-12(14(18)19)16-15(20)17-9-4-6-11-5-2-3-7-13(11)17/h2-3,5,7,12H,4,6,8-10H2,1H3,(H,16,20)(H,18,19)/t12-/m1/s1. The summed E-state index contributed by atoms with van der Waals surface area (Å²) in [4.78, 5) is 25.3. The number of hydrogen-bond donors (Lipinski definition) is 2. The lowest BCUT2D eigenvalue weighted by Crippen LogP contribution is -2.49. The Bertz CT molecular complexity index is 521. The van der Waals surface area contributed by atoms with E-state index in [0.717, 1.165) is 24.1 Å². The van der Waals surface area contributed by atoms with Crippen LogP contribution in [0, 0.1) is 0 Å². The number of carbonyl (C=O) groups is 2. The number of aryl methyl sites for hydroxylation is 1. The van der Waals surface area contributed by atoms with E-state index in [4.69, 9.17) is 0 Å². The molecule has 5 nitrogen and oxygen atoms in total. The summed E-state index contributed by atoms with van der Waals surface area (Å²) in [6, 6.07) is 6.61. The average molecular weight is 308 g/mol. The summed E-state index contributed by atoms with van der Waals surface area (Å²) >= 11 is 1.57. The number of anilines is 1. The van der Waals surface area contributed by atoms with Crippen LogP contribution < -0.4 is 10.2 Å². The van der Waals surface area contributed by atoms with Gasteiger partial charge in [0.05, 0.1) is 0 Å². The van der Waals surface area contributed by atoms with Gasteiger partial charge in [-0.3, -0.25) is 4.90 Å². The number of nitrogens with zero attached hydrogens (tertiary/aromatic N) is 1. The predicted molar refractivity (Wildman–Crippen MR) is 85.1 cm³/mol. The number of hydrogen-bond acceptors (Lipinski definition) is 3.